The van der Waals surface area contributed by atoms with Gasteiger partial charge >= 0.3 is 6.18 Å². The van der Waals surface area contributed by atoms with Gasteiger partial charge in [-0.25, -0.2) is 4.98 Å². The van der Waals surface area contributed by atoms with Crippen molar-refractivity contribution in [3.8, 4) is 0 Å². The van der Waals surface area contributed by atoms with Gasteiger partial charge in [0, 0.05) is 45.7 Å². The van der Waals surface area contributed by atoms with Crippen LogP contribution >= 0.6 is 0 Å². The zero-order valence-corrected chi connectivity index (χ0v) is 15.5. The average molecular weight is 384 g/mol. The smallest absolute Gasteiger partial charge is 0.354 e. The van der Waals surface area contributed by atoms with E-state index in [1.807, 2.05) is 9.80 Å². The highest BCUT2D eigenvalue weighted by molar-refractivity contribution is 5.76. The molecule has 0 radical (unpaired) electrons. The summed E-state index contributed by atoms with van der Waals surface area (Å²) < 4.78 is 38.4. The Balaban J connectivity index is 1.38. The van der Waals surface area contributed by atoms with Crippen LogP contribution in [0.5, 0.6) is 0 Å². The zero-order valence-electron chi connectivity index (χ0n) is 15.5. The molecule has 0 N–H and O–H groups in total. The molecule has 2 fully saturated rings. The summed E-state index contributed by atoms with van der Waals surface area (Å²) >= 11 is 0. The number of pyridine rings is 1. The first kappa shape index (κ1) is 19.9. The monoisotopic (exact) mass is 384 g/mol. The number of aromatic nitrogens is 1. The second kappa shape index (κ2) is 8.91. The number of carbonyl (C=O) groups excluding carboxylic acids is 1. The van der Waals surface area contributed by atoms with Crippen LogP contribution in [0.4, 0.5) is 19.0 Å². The van der Waals surface area contributed by atoms with E-state index in [2.05, 4.69) is 9.88 Å². The number of rotatable bonds is 6. The summed E-state index contributed by atoms with van der Waals surface area (Å²) in [5.74, 6) is 0.677. The van der Waals surface area contributed by atoms with E-state index in [0.717, 1.165) is 64.5 Å². The first-order chi connectivity index (χ1) is 12.9. The molecule has 8 heteroatoms. The molecule has 0 atom stereocenters. The highest BCUT2D eigenvalue weighted by Gasteiger charge is 2.33. The Labute approximate surface area is 158 Å². The van der Waals surface area contributed by atoms with Crippen LogP contribution < -0.4 is 4.90 Å². The Bertz CT molecular complexity index is 630. The molecule has 3 heterocycles. The van der Waals surface area contributed by atoms with Crippen molar-refractivity contribution in [2.24, 2.45) is 0 Å². The summed E-state index contributed by atoms with van der Waals surface area (Å²) in [6.45, 7) is 5.69. The highest BCUT2D eigenvalue weighted by Crippen LogP contribution is 2.29. The number of unbranched alkanes of at least 4 members (excludes halogenated alkanes) is 1. The van der Waals surface area contributed by atoms with E-state index in [1.54, 1.807) is 6.07 Å². The highest BCUT2D eigenvalue weighted by atomic mass is 19.4. The molecule has 0 saturated carbocycles. The van der Waals surface area contributed by atoms with E-state index in [9.17, 15) is 18.0 Å². The predicted molar refractivity (Wildman–Crippen MR) is 97.6 cm³/mol. The summed E-state index contributed by atoms with van der Waals surface area (Å²) in [5.41, 5.74) is -0.838. The molecular weight excluding hydrogens is 357 g/mol. The van der Waals surface area contributed by atoms with Gasteiger partial charge in [-0.1, -0.05) is 6.07 Å². The fourth-order valence-corrected chi connectivity index (χ4v) is 3.69. The van der Waals surface area contributed by atoms with Crippen LogP contribution in [0.3, 0.4) is 0 Å². The lowest BCUT2D eigenvalue weighted by molar-refractivity contribution is -0.141. The number of piperazine rings is 1. The van der Waals surface area contributed by atoms with Crippen LogP contribution in [0.2, 0.25) is 0 Å². The summed E-state index contributed by atoms with van der Waals surface area (Å²) in [7, 11) is 0. The van der Waals surface area contributed by atoms with Gasteiger partial charge in [-0.15, -0.1) is 0 Å². The number of carbonyl (C=O) groups is 1. The topological polar surface area (TPSA) is 39.7 Å². The maximum absolute atomic E-state index is 12.8. The van der Waals surface area contributed by atoms with Crippen molar-refractivity contribution in [2.45, 2.75) is 38.3 Å². The summed E-state index contributed by atoms with van der Waals surface area (Å²) in [6, 6.07) is 4.06. The molecule has 27 heavy (non-hydrogen) atoms. The summed E-state index contributed by atoms with van der Waals surface area (Å²) in [5, 5.41) is 0. The lowest BCUT2D eigenvalue weighted by Crippen LogP contribution is -2.47. The Morgan fingerprint density at radius 2 is 1.70 bits per heavy atom. The second-order valence-corrected chi connectivity index (χ2v) is 7.25. The fraction of sp³-hybridized carbons (Fsp3) is 0.684. The minimum Gasteiger partial charge on any atom is -0.354 e. The molecule has 5 nitrogen and oxygen atoms in total. The van der Waals surface area contributed by atoms with E-state index in [0.29, 0.717) is 25.3 Å². The van der Waals surface area contributed by atoms with Gasteiger partial charge in [-0.3, -0.25) is 9.69 Å². The third kappa shape index (κ3) is 5.57. The normalized spacial score (nSPS) is 19.6. The number of nitrogens with zero attached hydrogens (tertiary/aromatic N) is 4. The quantitative estimate of drug-likeness (QED) is 0.707. The molecule has 0 unspecified atom stereocenters. The van der Waals surface area contributed by atoms with Gasteiger partial charge in [0.25, 0.3) is 0 Å². The molecule has 2 saturated heterocycles. The third-order valence-electron chi connectivity index (χ3n) is 5.29. The van der Waals surface area contributed by atoms with Crippen molar-refractivity contribution in [3.05, 3.63) is 23.9 Å². The molecule has 3 rings (SSSR count). The van der Waals surface area contributed by atoms with Crippen LogP contribution in [0.1, 0.15) is 37.8 Å². The molecule has 0 bridgehead atoms. The largest absolute Gasteiger partial charge is 0.433 e. The number of alkyl halides is 3. The van der Waals surface area contributed by atoms with Gasteiger partial charge in [0.05, 0.1) is 0 Å². The van der Waals surface area contributed by atoms with Crippen LogP contribution in [0.15, 0.2) is 18.2 Å². The van der Waals surface area contributed by atoms with Gasteiger partial charge in [-0.2, -0.15) is 13.2 Å². The number of halogens is 3. The Morgan fingerprint density at radius 1 is 0.963 bits per heavy atom. The maximum Gasteiger partial charge on any atom is 0.433 e. The molecule has 2 aliphatic rings. The fourth-order valence-electron chi connectivity index (χ4n) is 3.69. The number of hydrogen-bond donors (Lipinski definition) is 0. The number of amides is 1. The van der Waals surface area contributed by atoms with E-state index in [1.165, 1.54) is 6.07 Å². The van der Waals surface area contributed by atoms with Gasteiger partial charge in [0.15, 0.2) is 0 Å². The van der Waals surface area contributed by atoms with Gasteiger partial charge in [0.1, 0.15) is 11.5 Å². The Hall–Kier alpha value is -1.83. The molecule has 2 aliphatic heterocycles. The second-order valence-electron chi connectivity index (χ2n) is 7.25. The summed E-state index contributed by atoms with van der Waals surface area (Å²) in [6.07, 6.45) is 0.434. The molecule has 1 aromatic heterocycles. The number of likely N-dealkylation sites (tertiary alicyclic amines) is 1. The standard InChI is InChI=1S/C19H27F3N4O/c20-19(21,22)16-6-5-7-17(23-16)25-14-12-24(13-15-25)9-3-4-11-26-10-2-1-8-18(26)27/h5-7H,1-4,8-15H2. The predicted octanol–water partition coefficient (Wildman–Crippen LogP) is 3.02. The van der Waals surface area contributed by atoms with Crippen LogP contribution in [-0.2, 0) is 11.0 Å². The lowest BCUT2D eigenvalue weighted by atomic mass is 10.1. The van der Waals surface area contributed by atoms with Crippen molar-refractivity contribution >= 4 is 11.7 Å². The Kier molecular flexibility index (Phi) is 6.57. The number of piperidine rings is 1. The minimum atomic E-state index is -4.41. The molecule has 1 aromatic rings. The van der Waals surface area contributed by atoms with Crippen molar-refractivity contribution in [1.29, 1.82) is 0 Å². The SMILES string of the molecule is O=C1CCCCN1CCCCN1CCN(c2cccc(C(F)(F)F)n2)CC1. The van der Waals surface area contributed by atoms with Crippen LogP contribution in [0.25, 0.3) is 0 Å². The van der Waals surface area contributed by atoms with E-state index in [-0.39, 0.29) is 5.91 Å². The summed E-state index contributed by atoms with van der Waals surface area (Å²) in [4.78, 5) is 21.8. The van der Waals surface area contributed by atoms with Crippen molar-refractivity contribution in [2.75, 3.05) is 50.7 Å². The van der Waals surface area contributed by atoms with Crippen molar-refractivity contribution in [1.82, 2.24) is 14.8 Å². The third-order valence-corrected chi connectivity index (χ3v) is 5.29. The minimum absolute atomic E-state index is 0.281. The zero-order chi connectivity index (χ0) is 19.3. The van der Waals surface area contributed by atoms with Crippen LogP contribution in [0, 0.1) is 0 Å². The van der Waals surface area contributed by atoms with Crippen LogP contribution in [-0.4, -0.2) is 66.5 Å². The molecule has 150 valence electrons. The van der Waals surface area contributed by atoms with E-state index < -0.39 is 11.9 Å². The van der Waals surface area contributed by atoms with Gasteiger partial charge in [-0.05, 0) is 44.4 Å². The Morgan fingerprint density at radius 3 is 2.41 bits per heavy atom. The molecule has 0 aromatic carbocycles. The number of hydrogen-bond acceptors (Lipinski definition) is 4. The maximum atomic E-state index is 12.8. The first-order valence-electron chi connectivity index (χ1n) is 9.73. The van der Waals surface area contributed by atoms with Crippen molar-refractivity contribution in [3.63, 3.8) is 0 Å². The van der Waals surface area contributed by atoms with E-state index >= 15 is 0 Å². The molecule has 1 amide bonds. The molecular formula is C19H27F3N4O. The lowest BCUT2D eigenvalue weighted by Gasteiger charge is -2.35. The van der Waals surface area contributed by atoms with Crippen molar-refractivity contribution < 1.29 is 18.0 Å². The van der Waals surface area contributed by atoms with Gasteiger partial charge in [0.2, 0.25) is 5.91 Å². The number of anilines is 1. The average Bonchev–Trinajstić information content (AvgIpc) is 2.66. The first-order valence-corrected chi connectivity index (χ1v) is 9.73. The van der Waals surface area contributed by atoms with E-state index in [4.69, 9.17) is 0 Å². The molecule has 0 spiro atoms. The molecule has 0 aliphatic carbocycles. The van der Waals surface area contributed by atoms with Gasteiger partial charge < -0.3 is 9.80 Å².